The van der Waals surface area contributed by atoms with Crippen LogP contribution in [0.2, 0.25) is 15.1 Å². The maximum atomic E-state index is 6.12. The van der Waals surface area contributed by atoms with Gasteiger partial charge in [0.25, 0.3) is 0 Å². The standard InChI is InChI=1S/C12H14Cl3N5O.BrH/c1-12(2)19-10(16)18-11(17)20(12)21-5-6-3-7(13)4-8(14)9(6)15;/h3-4H,5H2,1-2H3,(H4,16,17,18,19);1H. The number of benzene rings is 1. The Morgan fingerprint density at radius 3 is 2.45 bits per heavy atom. The zero-order valence-corrected chi connectivity index (χ0v) is 15.8. The predicted octanol–water partition coefficient (Wildman–Crippen LogP) is 3.34. The van der Waals surface area contributed by atoms with Crippen LogP contribution in [0.15, 0.2) is 22.1 Å². The average Bonchev–Trinajstić information content (AvgIpc) is 2.32. The van der Waals surface area contributed by atoms with Crippen molar-refractivity contribution in [3.63, 3.8) is 0 Å². The number of hydroxylamine groups is 2. The fraction of sp³-hybridized carbons (Fsp3) is 0.333. The van der Waals surface area contributed by atoms with Crippen LogP contribution in [0, 0.1) is 0 Å². The third-order valence-corrected chi connectivity index (χ3v) is 3.80. The Kier molecular flexibility index (Phi) is 6.35. The number of nitrogens with two attached hydrogens (primary N) is 2. The second-order valence-electron chi connectivity index (χ2n) is 4.86. The van der Waals surface area contributed by atoms with Crippen LogP contribution in [-0.4, -0.2) is 22.6 Å². The zero-order valence-electron chi connectivity index (χ0n) is 11.8. The molecule has 2 rings (SSSR count). The number of guanidine groups is 2. The van der Waals surface area contributed by atoms with Gasteiger partial charge in [0.15, 0.2) is 5.66 Å². The predicted molar refractivity (Wildman–Crippen MR) is 95.7 cm³/mol. The number of halogens is 4. The summed E-state index contributed by atoms with van der Waals surface area (Å²) in [6.45, 7) is 3.68. The first-order chi connectivity index (χ1) is 9.70. The van der Waals surface area contributed by atoms with Crippen molar-refractivity contribution in [2.75, 3.05) is 0 Å². The molecule has 1 heterocycles. The van der Waals surface area contributed by atoms with E-state index in [2.05, 4.69) is 9.98 Å². The topological polar surface area (TPSA) is 89.2 Å². The van der Waals surface area contributed by atoms with Crippen LogP contribution in [-0.2, 0) is 11.4 Å². The van der Waals surface area contributed by atoms with Gasteiger partial charge in [-0.3, -0.25) is 4.84 Å². The highest BCUT2D eigenvalue weighted by molar-refractivity contribution is 8.93. The first kappa shape index (κ1) is 19.3. The van der Waals surface area contributed by atoms with Crippen molar-refractivity contribution in [1.82, 2.24) is 5.06 Å². The highest BCUT2D eigenvalue weighted by Crippen LogP contribution is 2.31. The Morgan fingerprint density at radius 2 is 1.86 bits per heavy atom. The molecule has 0 amide bonds. The molecule has 1 aliphatic heterocycles. The maximum absolute atomic E-state index is 6.12. The van der Waals surface area contributed by atoms with Gasteiger partial charge in [-0.15, -0.1) is 17.0 Å². The van der Waals surface area contributed by atoms with Crippen LogP contribution in [0.3, 0.4) is 0 Å². The molecule has 0 atom stereocenters. The molecule has 1 aromatic carbocycles. The maximum Gasteiger partial charge on any atom is 0.226 e. The molecule has 4 N–H and O–H groups in total. The quantitative estimate of drug-likeness (QED) is 0.719. The van der Waals surface area contributed by atoms with E-state index < -0.39 is 5.66 Å². The van der Waals surface area contributed by atoms with E-state index in [1.165, 1.54) is 5.06 Å². The molecule has 22 heavy (non-hydrogen) atoms. The van der Waals surface area contributed by atoms with Gasteiger partial charge < -0.3 is 11.5 Å². The Hall–Kier alpha value is -0.730. The van der Waals surface area contributed by atoms with Gasteiger partial charge >= 0.3 is 0 Å². The van der Waals surface area contributed by atoms with E-state index in [0.717, 1.165) is 0 Å². The summed E-state index contributed by atoms with van der Waals surface area (Å²) >= 11 is 18.0. The van der Waals surface area contributed by atoms with Crippen LogP contribution in [0.5, 0.6) is 0 Å². The highest BCUT2D eigenvalue weighted by Gasteiger charge is 2.33. The largest absolute Gasteiger partial charge is 0.368 e. The van der Waals surface area contributed by atoms with E-state index in [1.54, 1.807) is 26.0 Å². The Labute approximate surface area is 153 Å². The number of hydrogen-bond donors (Lipinski definition) is 2. The van der Waals surface area contributed by atoms with Crippen LogP contribution < -0.4 is 11.5 Å². The van der Waals surface area contributed by atoms with Crippen molar-refractivity contribution in [2.45, 2.75) is 26.1 Å². The molecule has 0 aliphatic carbocycles. The summed E-state index contributed by atoms with van der Waals surface area (Å²) in [6, 6.07) is 3.22. The van der Waals surface area contributed by atoms with Gasteiger partial charge in [0.1, 0.15) is 6.61 Å². The Bertz CT molecular complexity index is 635. The normalized spacial score (nSPS) is 16.7. The number of aliphatic imine (C=N–C) groups is 2. The van der Waals surface area contributed by atoms with Gasteiger partial charge in [0.05, 0.1) is 10.0 Å². The summed E-state index contributed by atoms with van der Waals surface area (Å²) < 4.78 is 0. The number of hydrogen-bond acceptors (Lipinski definition) is 6. The number of nitrogens with zero attached hydrogens (tertiary/aromatic N) is 3. The summed E-state index contributed by atoms with van der Waals surface area (Å²) in [4.78, 5) is 13.7. The summed E-state index contributed by atoms with van der Waals surface area (Å²) in [6.07, 6.45) is 0. The van der Waals surface area contributed by atoms with E-state index in [0.29, 0.717) is 20.6 Å². The van der Waals surface area contributed by atoms with Crippen molar-refractivity contribution in [3.05, 3.63) is 32.8 Å². The minimum Gasteiger partial charge on any atom is -0.368 e. The first-order valence-electron chi connectivity index (χ1n) is 5.97. The van der Waals surface area contributed by atoms with Crippen molar-refractivity contribution in [3.8, 4) is 0 Å². The van der Waals surface area contributed by atoms with E-state index in [1.807, 2.05) is 0 Å². The van der Waals surface area contributed by atoms with Crippen LogP contribution in [0.1, 0.15) is 19.4 Å². The van der Waals surface area contributed by atoms with Gasteiger partial charge in [-0.2, -0.15) is 10.1 Å². The molecule has 122 valence electrons. The fourth-order valence-corrected chi connectivity index (χ4v) is 2.57. The van der Waals surface area contributed by atoms with E-state index in [4.69, 9.17) is 51.1 Å². The fourth-order valence-electron chi connectivity index (χ4n) is 1.87. The molecular formula is C12H15BrCl3N5O. The molecule has 0 radical (unpaired) electrons. The van der Waals surface area contributed by atoms with Crippen molar-refractivity contribution in [2.24, 2.45) is 21.5 Å². The monoisotopic (exact) mass is 429 g/mol. The van der Waals surface area contributed by atoms with E-state index >= 15 is 0 Å². The molecule has 1 aromatic rings. The second kappa shape index (κ2) is 7.23. The van der Waals surface area contributed by atoms with Gasteiger partial charge in [-0.05, 0) is 26.0 Å². The second-order valence-corrected chi connectivity index (χ2v) is 6.08. The smallest absolute Gasteiger partial charge is 0.226 e. The molecule has 0 saturated heterocycles. The lowest BCUT2D eigenvalue weighted by molar-refractivity contribution is -0.166. The lowest BCUT2D eigenvalue weighted by Crippen LogP contribution is -2.53. The molecule has 10 heteroatoms. The Morgan fingerprint density at radius 1 is 1.23 bits per heavy atom. The van der Waals surface area contributed by atoms with Crippen molar-refractivity contribution in [1.29, 1.82) is 0 Å². The molecule has 0 unspecified atom stereocenters. The Balaban J connectivity index is 0.00000242. The third-order valence-electron chi connectivity index (χ3n) is 2.74. The molecule has 1 aliphatic rings. The average molecular weight is 432 g/mol. The number of rotatable bonds is 3. The SMILES string of the molecule is Br.CC1(C)N=C(N)N=C(N)N1OCc1cc(Cl)cc(Cl)c1Cl. The van der Waals surface area contributed by atoms with Gasteiger partial charge in [-0.25, -0.2) is 4.99 Å². The van der Waals surface area contributed by atoms with Crippen LogP contribution in [0.4, 0.5) is 0 Å². The lowest BCUT2D eigenvalue weighted by Gasteiger charge is -2.36. The van der Waals surface area contributed by atoms with E-state index in [-0.39, 0.29) is 35.5 Å². The molecule has 6 nitrogen and oxygen atoms in total. The van der Waals surface area contributed by atoms with Crippen molar-refractivity contribution >= 4 is 63.7 Å². The van der Waals surface area contributed by atoms with E-state index in [9.17, 15) is 0 Å². The lowest BCUT2D eigenvalue weighted by atomic mass is 10.2. The third kappa shape index (κ3) is 4.17. The first-order valence-corrected chi connectivity index (χ1v) is 7.10. The molecule has 0 spiro atoms. The van der Waals surface area contributed by atoms with Gasteiger partial charge in [0.2, 0.25) is 11.9 Å². The summed E-state index contributed by atoms with van der Waals surface area (Å²) in [5, 5.41) is 2.54. The minimum absolute atomic E-state index is 0. The van der Waals surface area contributed by atoms with Crippen molar-refractivity contribution < 1.29 is 4.84 Å². The summed E-state index contributed by atoms with van der Waals surface area (Å²) in [7, 11) is 0. The van der Waals surface area contributed by atoms with Gasteiger partial charge in [0, 0.05) is 10.6 Å². The molecule has 0 fully saturated rings. The van der Waals surface area contributed by atoms with Gasteiger partial charge in [-0.1, -0.05) is 34.8 Å². The molecule has 0 bridgehead atoms. The molecular weight excluding hydrogens is 416 g/mol. The van der Waals surface area contributed by atoms with Crippen LogP contribution in [0.25, 0.3) is 0 Å². The summed E-state index contributed by atoms with van der Waals surface area (Å²) in [5.74, 6) is 0.206. The zero-order chi connectivity index (χ0) is 15.8. The minimum atomic E-state index is -0.787. The molecule has 0 aromatic heterocycles. The van der Waals surface area contributed by atoms with Crippen LogP contribution >= 0.6 is 51.8 Å². The summed E-state index contributed by atoms with van der Waals surface area (Å²) in [5.41, 5.74) is 11.2. The highest BCUT2D eigenvalue weighted by atomic mass is 79.9. The molecule has 0 saturated carbocycles.